The van der Waals surface area contributed by atoms with Gasteiger partial charge < -0.3 is 0 Å². The summed E-state index contributed by atoms with van der Waals surface area (Å²) in [6, 6.07) is 42.0. The Morgan fingerprint density at radius 3 is 1.32 bits per heavy atom. The van der Waals surface area contributed by atoms with Crippen molar-refractivity contribution in [1.29, 1.82) is 0 Å². The van der Waals surface area contributed by atoms with Gasteiger partial charge in [0.2, 0.25) is 0 Å². The Morgan fingerprint density at radius 2 is 0.975 bits per heavy atom. The monoisotopic (exact) mass is 537 g/mol. The van der Waals surface area contributed by atoms with Crippen molar-refractivity contribution in [2.45, 2.75) is 25.7 Å². The quantitative estimate of drug-likeness (QED) is 0.144. The molecule has 4 rings (SSSR count). The van der Waals surface area contributed by atoms with Crippen LogP contribution in [0.4, 0.5) is 0 Å². The first-order valence-electron chi connectivity index (χ1n) is 13.9. The first-order valence-corrected chi connectivity index (χ1v) is 17.4. The highest BCUT2D eigenvalue weighted by molar-refractivity contribution is 6.83. The van der Waals surface area contributed by atoms with Crippen LogP contribution in [0.1, 0.15) is 22.3 Å². The number of nitrogens with zero attached hydrogens (tertiary/aromatic N) is 1. The van der Waals surface area contributed by atoms with Crippen molar-refractivity contribution in [3.8, 4) is 11.5 Å². The minimum atomic E-state index is -1.65. The molecule has 0 fully saturated rings. The van der Waals surface area contributed by atoms with Gasteiger partial charge >= 0.3 is 0 Å². The molecule has 4 aromatic rings. The molecule has 0 radical (unpaired) electrons. The van der Waals surface area contributed by atoms with Gasteiger partial charge in [0.15, 0.2) is 0 Å². The summed E-state index contributed by atoms with van der Waals surface area (Å²) in [7, 11) is -1.65. The fourth-order valence-electron chi connectivity index (χ4n) is 4.55. The standard InChI is InChI=1S/C38H39NSi/c1-31(33-18-10-6-11-19-33)29-39(30-32(2)34-20-12-7-13-21-34)37(26-27-40(3,4)5)28-38(35-22-14-8-15-23-35)36-24-16-9-17-25-36/h6-25,28,37H,1-2,29-30H2,3-5H3/t37-/m0/s1. The molecule has 0 amide bonds. The Bertz CT molecular complexity index is 1390. The minimum Gasteiger partial charge on any atom is -0.278 e. The lowest BCUT2D eigenvalue weighted by Gasteiger charge is -2.29. The molecule has 0 N–H and O–H groups in total. The number of benzene rings is 4. The molecular formula is C38H39NSi. The highest BCUT2D eigenvalue weighted by Gasteiger charge is 2.21. The molecule has 40 heavy (non-hydrogen) atoms. The van der Waals surface area contributed by atoms with Crippen molar-refractivity contribution in [3.05, 3.63) is 163 Å². The minimum absolute atomic E-state index is 0.136. The van der Waals surface area contributed by atoms with E-state index in [0.717, 1.165) is 22.3 Å². The van der Waals surface area contributed by atoms with Crippen LogP contribution in [0.5, 0.6) is 0 Å². The second-order valence-electron chi connectivity index (χ2n) is 11.1. The molecule has 4 aromatic carbocycles. The van der Waals surface area contributed by atoms with Crippen LogP contribution in [0.25, 0.3) is 16.7 Å². The zero-order chi connectivity index (χ0) is 28.4. The molecule has 0 aliphatic carbocycles. The summed E-state index contributed by atoms with van der Waals surface area (Å²) in [5.74, 6) is 3.72. The first kappa shape index (κ1) is 28.8. The predicted octanol–water partition coefficient (Wildman–Crippen LogP) is 9.10. The summed E-state index contributed by atoms with van der Waals surface area (Å²) in [4.78, 5) is 2.42. The summed E-state index contributed by atoms with van der Waals surface area (Å²) in [6.45, 7) is 17.2. The van der Waals surface area contributed by atoms with Crippen molar-refractivity contribution in [1.82, 2.24) is 4.90 Å². The smallest absolute Gasteiger partial charge is 0.129 e. The van der Waals surface area contributed by atoms with Crippen LogP contribution in [0.2, 0.25) is 19.6 Å². The van der Waals surface area contributed by atoms with Crippen molar-refractivity contribution in [2.24, 2.45) is 0 Å². The van der Waals surface area contributed by atoms with E-state index in [1.165, 1.54) is 16.7 Å². The Hall–Kier alpha value is -4.16. The van der Waals surface area contributed by atoms with Crippen molar-refractivity contribution >= 4 is 24.8 Å². The summed E-state index contributed by atoms with van der Waals surface area (Å²) < 4.78 is 0. The molecule has 0 heterocycles. The maximum absolute atomic E-state index is 4.50. The van der Waals surface area contributed by atoms with Gasteiger partial charge in [0.25, 0.3) is 0 Å². The molecule has 0 aliphatic rings. The fraction of sp³-hybridized carbons (Fsp3) is 0.158. The van der Waals surface area contributed by atoms with E-state index >= 15 is 0 Å². The lowest BCUT2D eigenvalue weighted by Crippen LogP contribution is -2.36. The lowest BCUT2D eigenvalue weighted by molar-refractivity contribution is 0.336. The normalized spacial score (nSPS) is 11.7. The summed E-state index contributed by atoms with van der Waals surface area (Å²) in [5.41, 5.74) is 11.6. The average molecular weight is 538 g/mol. The number of rotatable bonds is 10. The van der Waals surface area contributed by atoms with E-state index in [1.54, 1.807) is 0 Å². The van der Waals surface area contributed by atoms with Crippen molar-refractivity contribution in [2.75, 3.05) is 13.1 Å². The Kier molecular flexibility index (Phi) is 9.92. The van der Waals surface area contributed by atoms with Gasteiger partial charge in [0.1, 0.15) is 8.07 Å². The van der Waals surface area contributed by atoms with Crippen LogP contribution in [0.15, 0.2) is 141 Å². The fourth-order valence-corrected chi connectivity index (χ4v) is 5.14. The van der Waals surface area contributed by atoms with Gasteiger partial charge in [-0.25, -0.2) is 0 Å². The van der Waals surface area contributed by atoms with E-state index in [1.807, 2.05) is 12.1 Å². The van der Waals surface area contributed by atoms with Gasteiger partial charge in [0.05, 0.1) is 6.04 Å². The van der Waals surface area contributed by atoms with Crippen LogP contribution >= 0.6 is 0 Å². The third kappa shape index (κ3) is 8.42. The molecule has 0 saturated heterocycles. The number of hydrogen-bond acceptors (Lipinski definition) is 1. The van der Waals surface area contributed by atoms with Crippen LogP contribution in [0, 0.1) is 11.5 Å². The summed E-state index contributed by atoms with van der Waals surface area (Å²) in [5, 5.41) is 0. The Morgan fingerprint density at radius 1 is 0.625 bits per heavy atom. The molecule has 0 aliphatic heterocycles. The van der Waals surface area contributed by atoms with Crippen LogP contribution in [-0.2, 0) is 0 Å². The zero-order valence-corrected chi connectivity index (χ0v) is 25.0. The SMILES string of the molecule is C=C(CN(CC(=C)c1ccccc1)[C@@H](C#C[Si](C)(C)C)C=C(c1ccccc1)c1ccccc1)c1ccccc1. The maximum atomic E-state index is 4.50. The summed E-state index contributed by atoms with van der Waals surface area (Å²) >= 11 is 0. The highest BCUT2D eigenvalue weighted by atomic mass is 28.3. The Labute approximate surface area is 242 Å². The van der Waals surface area contributed by atoms with E-state index in [9.17, 15) is 0 Å². The Balaban J connectivity index is 1.83. The molecule has 1 nitrogen and oxygen atoms in total. The van der Waals surface area contributed by atoms with Gasteiger partial charge in [-0.3, -0.25) is 4.90 Å². The topological polar surface area (TPSA) is 3.24 Å². The van der Waals surface area contributed by atoms with E-state index < -0.39 is 8.07 Å². The lowest BCUT2D eigenvalue weighted by atomic mass is 9.95. The second kappa shape index (κ2) is 13.8. The molecular weight excluding hydrogens is 499 g/mol. The van der Waals surface area contributed by atoms with Crippen molar-refractivity contribution in [3.63, 3.8) is 0 Å². The second-order valence-corrected chi connectivity index (χ2v) is 15.9. The predicted molar refractivity (Wildman–Crippen MR) is 177 cm³/mol. The number of hydrogen-bond donors (Lipinski definition) is 0. The highest BCUT2D eigenvalue weighted by Crippen LogP contribution is 2.27. The molecule has 0 aromatic heterocycles. The molecule has 1 atom stereocenters. The van der Waals surface area contributed by atoms with Gasteiger partial charge in [-0.15, -0.1) is 5.54 Å². The molecule has 0 bridgehead atoms. The third-order valence-electron chi connectivity index (χ3n) is 6.63. The molecule has 0 unspecified atom stereocenters. The first-order chi connectivity index (χ1) is 19.3. The van der Waals surface area contributed by atoms with E-state index in [0.29, 0.717) is 13.1 Å². The van der Waals surface area contributed by atoms with E-state index in [4.69, 9.17) is 0 Å². The molecule has 0 saturated carbocycles. The van der Waals surface area contributed by atoms with Crippen LogP contribution in [-0.4, -0.2) is 32.1 Å². The average Bonchev–Trinajstić information content (AvgIpc) is 2.98. The molecule has 200 valence electrons. The zero-order valence-electron chi connectivity index (χ0n) is 24.0. The van der Waals surface area contributed by atoms with Gasteiger partial charge in [-0.05, 0) is 45.0 Å². The largest absolute Gasteiger partial charge is 0.278 e. The van der Waals surface area contributed by atoms with Crippen LogP contribution in [0.3, 0.4) is 0 Å². The van der Waals surface area contributed by atoms with Crippen molar-refractivity contribution < 1.29 is 0 Å². The third-order valence-corrected chi connectivity index (χ3v) is 7.53. The molecule has 2 heteroatoms. The van der Waals surface area contributed by atoms with E-state index in [2.05, 4.69) is 164 Å². The van der Waals surface area contributed by atoms with Gasteiger partial charge in [0, 0.05) is 13.1 Å². The van der Waals surface area contributed by atoms with E-state index in [-0.39, 0.29) is 6.04 Å². The van der Waals surface area contributed by atoms with Gasteiger partial charge in [-0.2, -0.15) is 0 Å². The van der Waals surface area contributed by atoms with Crippen LogP contribution < -0.4 is 0 Å². The summed E-state index contributed by atoms with van der Waals surface area (Å²) in [6.07, 6.45) is 2.34. The maximum Gasteiger partial charge on any atom is 0.129 e. The van der Waals surface area contributed by atoms with Gasteiger partial charge in [-0.1, -0.05) is 160 Å². The molecule has 0 spiro atoms.